The molecule has 0 aliphatic heterocycles. The summed E-state index contributed by atoms with van der Waals surface area (Å²) in [6.07, 6.45) is 5.22. The molecule has 22 heavy (non-hydrogen) atoms. The predicted octanol–water partition coefficient (Wildman–Crippen LogP) is 3.51. The van der Waals surface area contributed by atoms with Crippen molar-refractivity contribution in [1.29, 1.82) is 0 Å². The zero-order valence-electron chi connectivity index (χ0n) is 12.4. The van der Waals surface area contributed by atoms with Crippen LogP contribution in [0.5, 0.6) is 5.75 Å². The zero-order chi connectivity index (χ0) is 15.6. The largest absolute Gasteiger partial charge is 0.494 e. The van der Waals surface area contributed by atoms with Crippen molar-refractivity contribution in [3.8, 4) is 5.75 Å². The Balaban J connectivity index is 1.84. The third-order valence-corrected chi connectivity index (χ3v) is 2.84. The van der Waals surface area contributed by atoms with E-state index in [1.807, 2.05) is 43.3 Å². The minimum absolute atomic E-state index is 0.257. The van der Waals surface area contributed by atoms with Crippen molar-refractivity contribution >= 4 is 18.2 Å². The molecule has 0 spiro atoms. The number of ether oxygens (including phenoxy) is 1. The van der Waals surface area contributed by atoms with Crippen molar-refractivity contribution in [2.45, 2.75) is 6.92 Å². The maximum absolute atomic E-state index is 11.9. The average Bonchev–Trinajstić information content (AvgIpc) is 2.56. The van der Waals surface area contributed by atoms with E-state index < -0.39 is 0 Å². The van der Waals surface area contributed by atoms with Crippen molar-refractivity contribution in [2.24, 2.45) is 5.10 Å². The van der Waals surface area contributed by atoms with Gasteiger partial charge in [-0.15, -0.1) is 0 Å². The van der Waals surface area contributed by atoms with E-state index in [9.17, 15) is 4.79 Å². The molecule has 0 radical (unpaired) electrons. The number of rotatable bonds is 6. The Bertz CT molecular complexity index is 647. The number of nitrogens with one attached hydrogen (secondary N) is 1. The van der Waals surface area contributed by atoms with Crippen LogP contribution in [0.1, 0.15) is 22.8 Å². The third kappa shape index (κ3) is 4.90. The molecule has 2 aromatic carbocycles. The van der Waals surface area contributed by atoms with Gasteiger partial charge in [0.1, 0.15) is 5.75 Å². The molecule has 0 saturated heterocycles. The Morgan fingerprint density at radius 3 is 2.55 bits per heavy atom. The van der Waals surface area contributed by atoms with Gasteiger partial charge in [0.25, 0.3) is 5.91 Å². The fourth-order valence-electron chi connectivity index (χ4n) is 1.79. The number of hydrogen-bond acceptors (Lipinski definition) is 3. The Morgan fingerprint density at radius 2 is 1.86 bits per heavy atom. The summed E-state index contributed by atoms with van der Waals surface area (Å²) in [6, 6.07) is 16.8. The number of benzene rings is 2. The third-order valence-electron chi connectivity index (χ3n) is 2.84. The number of carbonyl (C=O) groups excluding carboxylic acids is 1. The first-order valence-corrected chi connectivity index (χ1v) is 7.07. The molecule has 0 aliphatic rings. The topological polar surface area (TPSA) is 50.7 Å². The summed E-state index contributed by atoms with van der Waals surface area (Å²) in [6.45, 7) is 2.52. The molecule has 0 heterocycles. The lowest BCUT2D eigenvalue weighted by Crippen LogP contribution is -2.17. The molecule has 0 bridgehead atoms. The summed E-state index contributed by atoms with van der Waals surface area (Å²) in [5.41, 5.74) is 4.09. The van der Waals surface area contributed by atoms with Gasteiger partial charge in [0.05, 0.1) is 6.61 Å². The Hall–Kier alpha value is -2.88. The van der Waals surface area contributed by atoms with Crippen LogP contribution in [0.25, 0.3) is 6.08 Å². The second-order valence-electron chi connectivity index (χ2n) is 4.45. The highest BCUT2D eigenvalue weighted by atomic mass is 16.5. The maximum atomic E-state index is 11.9. The lowest BCUT2D eigenvalue weighted by molar-refractivity contribution is 0.0955. The minimum Gasteiger partial charge on any atom is -0.494 e. The van der Waals surface area contributed by atoms with E-state index in [0.717, 1.165) is 11.3 Å². The number of hydrazone groups is 1. The molecule has 2 rings (SSSR count). The summed E-state index contributed by atoms with van der Waals surface area (Å²) in [7, 11) is 0. The zero-order valence-corrected chi connectivity index (χ0v) is 12.4. The van der Waals surface area contributed by atoms with Crippen LogP contribution in [0, 0.1) is 0 Å². The predicted molar refractivity (Wildman–Crippen MR) is 89.0 cm³/mol. The highest BCUT2D eigenvalue weighted by molar-refractivity contribution is 5.94. The van der Waals surface area contributed by atoms with Crippen molar-refractivity contribution in [2.75, 3.05) is 6.61 Å². The van der Waals surface area contributed by atoms with Crippen LogP contribution in [-0.4, -0.2) is 18.7 Å². The summed E-state index contributed by atoms with van der Waals surface area (Å²) in [5.74, 6) is 0.487. The van der Waals surface area contributed by atoms with E-state index in [1.54, 1.807) is 36.6 Å². The Morgan fingerprint density at radius 1 is 1.14 bits per heavy atom. The first kappa shape index (κ1) is 15.5. The van der Waals surface area contributed by atoms with Crippen LogP contribution in [0.3, 0.4) is 0 Å². The van der Waals surface area contributed by atoms with Gasteiger partial charge >= 0.3 is 0 Å². The SMILES string of the molecule is CCOc1ccc(C(=O)NN=CC=Cc2ccccc2)cc1. The van der Waals surface area contributed by atoms with E-state index in [2.05, 4.69) is 10.5 Å². The molecule has 0 saturated carbocycles. The molecule has 4 heteroatoms. The van der Waals surface area contributed by atoms with E-state index in [1.165, 1.54) is 0 Å². The molecule has 0 aliphatic carbocycles. The van der Waals surface area contributed by atoms with Crippen molar-refractivity contribution in [1.82, 2.24) is 5.43 Å². The average molecular weight is 294 g/mol. The van der Waals surface area contributed by atoms with Crippen LogP contribution >= 0.6 is 0 Å². The monoisotopic (exact) mass is 294 g/mol. The van der Waals surface area contributed by atoms with Crippen LogP contribution in [0.4, 0.5) is 0 Å². The molecule has 0 fully saturated rings. The van der Waals surface area contributed by atoms with Gasteiger partial charge in [0.2, 0.25) is 0 Å². The summed E-state index contributed by atoms with van der Waals surface area (Å²) in [5, 5.41) is 3.88. The van der Waals surface area contributed by atoms with Crippen LogP contribution < -0.4 is 10.2 Å². The summed E-state index contributed by atoms with van der Waals surface area (Å²) in [4.78, 5) is 11.9. The second-order valence-corrected chi connectivity index (χ2v) is 4.45. The Kier molecular flexibility index (Phi) is 5.93. The number of hydrogen-bond donors (Lipinski definition) is 1. The highest BCUT2D eigenvalue weighted by Crippen LogP contribution is 2.11. The van der Waals surface area contributed by atoms with Crippen molar-refractivity contribution < 1.29 is 9.53 Å². The molecule has 0 atom stereocenters. The van der Waals surface area contributed by atoms with E-state index in [4.69, 9.17) is 4.74 Å². The molecular formula is C18H18N2O2. The van der Waals surface area contributed by atoms with Gasteiger partial charge in [-0.2, -0.15) is 5.10 Å². The van der Waals surface area contributed by atoms with Gasteiger partial charge in [0.15, 0.2) is 0 Å². The van der Waals surface area contributed by atoms with Gasteiger partial charge in [-0.1, -0.05) is 36.4 Å². The van der Waals surface area contributed by atoms with Gasteiger partial charge < -0.3 is 4.74 Å². The van der Waals surface area contributed by atoms with Crippen LogP contribution in [0.15, 0.2) is 65.8 Å². The quantitative estimate of drug-likeness (QED) is 0.654. The number of carbonyl (C=O) groups is 1. The summed E-state index contributed by atoms with van der Waals surface area (Å²) < 4.78 is 5.33. The van der Waals surface area contributed by atoms with Crippen LogP contribution in [0.2, 0.25) is 0 Å². The van der Waals surface area contributed by atoms with Gasteiger partial charge in [0, 0.05) is 11.8 Å². The smallest absolute Gasteiger partial charge is 0.271 e. The molecule has 1 N–H and O–H groups in total. The standard InChI is InChI=1S/C18H18N2O2/c1-2-22-17-12-10-16(11-13-17)18(21)20-19-14-6-9-15-7-4-3-5-8-15/h3-14H,2H2,1H3,(H,20,21). The molecule has 2 aromatic rings. The fraction of sp³-hybridized carbons (Fsp3) is 0.111. The normalized spacial score (nSPS) is 11.0. The first-order valence-electron chi connectivity index (χ1n) is 7.07. The molecule has 4 nitrogen and oxygen atoms in total. The fourth-order valence-corrected chi connectivity index (χ4v) is 1.79. The lowest BCUT2D eigenvalue weighted by atomic mass is 10.2. The maximum Gasteiger partial charge on any atom is 0.271 e. The molecule has 0 unspecified atom stereocenters. The number of allylic oxidation sites excluding steroid dienone is 1. The van der Waals surface area contributed by atoms with Gasteiger partial charge in [-0.3, -0.25) is 4.79 Å². The second kappa shape index (κ2) is 8.42. The first-order chi connectivity index (χ1) is 10.8. The van der Waals surface area contributed by atoms with E-state index in [-0.39, 0.29) is 5.91 Å². The van der Waals surface area contributed by atoms with Crippen LogP contribution in [-0.2, 0) is 0 Å². The van der Waals surface area contributed by atoms with Gasteiger partial charge in [-0.25, -0.2) is 5.43 Å². The molecule has 1 amide bonds. The van der Waals surface area contributed by atoms with Gasteiger partial charge in [-0.05, 0) is 42.8 Å². The molecule has 112 valence electrons. The molecule has 0 aromatic heterocycles. The van der Waals surface area contributed by atoms with Crippen molar-refractivity contribution in [3.63, 3.8) is 0 Å². The molecular weight excluding hydrogens is 276 g/mol. The number of amides is 1. The van der Waals surface area contributed by atoms with E-state index in [0.29, 0.717) is 12.2 Å². The highest BCUT2D eigenvalue weighted by Gasteiger charge is 2.03. The van der Waals surface area contributed by atoms with Crippen molar-refractivity contribution in [3.05, 3.63) is 71.8 Å². The Labute approximate surface area is 130 Å². The number of nitrogens with zero attached hydrogens (tertiary/aromatic N) is 1. The van der Waals surface area contributed by atoms with E-state index >= 15 is 0 Å². The lowest BCUT2D eigenvalue weighted by Gasteiger charge is -2.03. The minimum atomic E-state index is -0.257. The summed E-state index contributed by atoms with van der Waals surface area (Å²) >= 11 is 0.